The molecule has 1 atom stereocenters. The number of aryl methyl sites for hydroxylation is 1. The number of amides is 1. The zero-order valence-electron chi connectivity index (χ0n) is 16.4. The second-order valence-electron chi connectivity index (χ2n) is 7.01. The second kappa shape index (κ2) is 10.8. The van der Waals surface area contributed by atoms with Gasteiger partial charge in [-0.25, -0.2) is 0 Å². The van der Waals surface area contributed by atoms with Crippen LogP contribution >= 0.6 is 24.0 Å². The number of carbonyl (C=O) groups excluding carboxylic acids is 1. The monoisotopic (exact) mass is 485 g/mol. The van der Waals surface area contributed by atoms with Crippen LogP contribution in [0, 0.1) is 0 Å². The quantitative estimate of drug-likeness (QED) is 0.382. The van der Waals surface area contributed by atoms with E-state index < -0.39 is 0 Å². The summed E-state index contributed by atoms with van der Waals surface area (Å²) < 4.78 is 0. The van der Waals surface area contributed by atoms with Gasteiger partial charge in [-0.15, -0.1) is 24.0 Å². The van der Waals surface area contributed by atoms with Gasteiger partial charge in [0, 0.05) is 31.9 Å². The van der Waals surface area contributed by atoms with Gasteiger partial charge in [0.1, 0.15) is 0 Å². The fraction of sp³-hybridized carbons (Fsp3) is 0.600. The van der Waals surface area contributed by atoms with E-state index in [0.29, 0.717) is 12.0 Å². The van der Waals surface area contributed by atoms with Crippen LogP contribution in [-0.4, -0.2) is 62.6 Å². The molecule has 6 nitrogen and oxygen atoms in total. The standard InChI is InChI=1S/C20H31N5O.HI/c1-3-24-12-7-10-17(24)14-22-20(21-2)23-15-19(26)25-13-6-9-16-8-4-5-11-18(16)25;/h4-5,8,11,17H,3,6-7,9-10,12-15H2,1-2H3,(H2,21,22,23);1H. The summed E-state index contributed by atoms with van der Waals surface area (Å²) in [6, 6.07) is 8.75. The van der Waals surface area contributed by atoms with Crippen LogP contribution in [0.15, 0.2) is 29.3 Å². The van der Waals surface area contributed by atoms with E-state index in [2.05, 4.69) is 33.5 Å². The predicted molar refractivity (Wildman–Crippen MR) is 122 cm³/mol. The molecule has 0 radical (unpaired) electrons. The Morgan fingerprint density at radius 3 is 2.81 bits per heavy atom. The Bertz CT molecular complexity index is 651. The van der Waals surface area contributed by atoms with E-state index in [0.717, 1.165) is 38.2 Å². The lowest BCUT2D eigenvalue weighted by Gasteiger charge is -2.30. The highest BCUT2D eigenvalue weighted by Gasteiger charge is 2.24. The normalized spacial score (nSPS) is 20.0. The highest BCUT2D eigenvalue weighted by molar-refractivity contribution is 14.0. The van der Waals surface area contributed by atoms with Crippen molar-refractivity contribution in [3.05, 3.63) is 29.8 Å². The summed E-state index contributed by atoms with van der Waals surface area (Å²) in [4.78, 5) is 21.4. The number of hydrogen-bond acceptors (Lipinski definition) is 3. The number of fused-ring (bicyclic) bond motifs is 1. The molecule has 1 unspecified atom stereocenters. The van der Waals surface area contributed by atoms with Crippen LogP contribution in [0.1, 0.15) is 31.7 Å². The van der Waals surface area contributed by atoms with Crippen molar-refractivity contribution in [3.63, 3.8) is 0 Å². The summed E-state index contributed by atoms with van der Waals surface area (Å²) in [7, 11) is 1.75. The molecule has 7 heteroatoms. The van der Waals surface area contributed by atoms with Crippen molar-refractivity contribution in [1.29, 1.82) is 0 Å². The van der Waals surface area contributed by atoms with E-state index in [1.165, 1.54) is 24.9 Å². The molecular formula is C20H32IN5O. The molecule has 150 valence electrons. The minimum Gasteiger partial charge on any atom is -0.355 e. The Balaban J connectivity index is 0.00000261. The highest BCUT2D eigenvalue weighted by atomic mass is 127. The Kier molecular flexibility index (Phi) is 8.82. The van der Waals surface area contributed by atoms with E-state index in [1.54, 1.807) is 7.05 Å². The maximum absolute atomic E-state index is 12.7. The Labute approximate surface area is 179 Å². The van der Waals surface area contributed by atoms with Gasteiger partial charge in [-0.05, 0) is 50.4 Å². The van der Waals surface area contributed by atoms with Crippen molar-refractivity contribution in [3.8, 4) is 0 Å². The number of nitrogens with one attached hydrogen (secondary N) is 2. The molecule has 0 aliphatic carbocycles. The lowest BCUT2D eigenvalue weighted by molar-refractivity contribution is -0.117. The lowest BCUT2D eigenvalue weighted by atomic mass is 10.0. The van der Waals surface area contributed by atoms with E-state index in [9.17, 15) is 4.79 Å². The van der Waals surface area contributed by atoms with Gasteiger partial charge in [0.25, 0.3) is 0 Å². The summed E-state index contributed by atoms with van der Waals surface area (Å²) in [6.07, 6.45) is 4.55. The third-order valence-electron chi connectivity index (χ3n) is 5.45. The van der Waals surface area contributed by atoms with Gasteiger partial charge in [0.05, 0.1) is 6.54 Å². The molecule has 2 aliphatic heterocycles. The van der Waals surface area contributed by atoms with Crippen LogP contribution in [0.2, 0.25) is 0 Å². The molecule has 2 aliphatic rings. The number of para-hydroxylation sites is 1. The number of anilines is 1. The minimum absolute atomic E-state index is 0. The molecule has 2 N–H and O–H groups in total. The van der Waals surface area contributed by atoms with Gasteiger partial charge in [-0.1, -0.05) is 25.1 Å². The Morgan fingerprint density at radius 2 is 2.04 bits per heavy atom. The second-order valence-corrected chi connectivity index (χ2v) is 7.01. The summed E-state index contributed by atoms with van der Waals surface area (Å²) in [5, 5.41) is 6.56. The van der Waals surface area contributed by atoms with Gasteiger partial charge in [-0.2, -0.15) is 0 Å². The van der Waals surface area contributed by atoms with Crippen LogP contribution in [0.3, 0.4) is 0 Å². The number of rotatable bonds is 5. The van der Waals surface area contributed by atoms with E-state index in [-0.39, 0.29) is 36.4 Å². The van der Waals surface area contributed by atoms with Crippen molar-refractivity contribution < 1.29 is 4.79 Å². The number of likely N-dealkylation sites (N-methyl/N-ethyl adjacent to an activating group) is 1. The number of hydrogen-bond donors (Lipinski definition) is 2. The number of nitrogens with zero attached hydrogens (tertiary/aromatic N) is 3. The first-order valence-electron chi connectivity index (χ1n) is 9.79. The molecule has 3 rings (SSSR count). The Hall–Kier alpha value is -1.35. The molecule has 0 saturated carbocycles. The van der Waals surface area contributed by atoms with Gasteiger partial charge in [0.15, 0.2) is 5.96 Å². The average molecular weight is 485 g/mol. The van der Waals surface area contributed by atoms with Crippen molar-refractivity contribution in [2.24, 2.45) is 4.99 Å². The molecule has 0 bridgehead atoms. The molecule has 1 fully saturated rings. The number of likely N-dealkylation sites (tertiary alicyclic amines) is 1. The van der Waals surface area contributed by atoms with Crippen LogP contribution in [0.25, 0.3) is 0 Å². The first-order valence-corrected chi connectivity index (χ1v) is 9.79. The minimum atomic E-state index is 0. The predicted octanol–water partition coefficient (Wildman–Crippen LogP) is 2.23. The zero-order chi connectivity index (χ0) is 18.4. The van der Waals surface area contributed by atoms with Crippen LogP contribution < -0.4 is 15.5 Å². The maximum atomic E-state index is 12.7. The third kappa shape index (κ3) is 5.57. The number of aliphatic imine (C=N–C) groups is 1. The number of benzene rings is 1. The topological polar surface area (TPSA) is 60.0 Å². The third-order valence-corrected chi connectivity index (χ3v) is 5.45. The van der Waals surface area contributed by atoms with Crippen molar-refractivity contribution in [2.75, 3.05) is 44.7 Å². The van der Waals surface area contributed by atoms with Gasteiger partial charge < -0.3 is 15.5 Å². The molecule has 1 aromatic carbocycles. The van der Waals surface area contributed by atoms with Crippen LogP contribution in [-0.2, 0) is 11.2 Å². The Morgan fingerprint density at radius 1 is 1.22 bits per heavy atom. The van der Waals surface area contributed by atoms with Gasteiger partial charge >= 0.3 is 0 Å². The van der Waals surface area contributed by atoms with Crippen molar-refractivity contribution >= 4 is 41.5 Å². The molecule has 27 heavy (non-hydrogen) atoms. The van der Waals surface area contributed by atoms with E-state index >= 15 is 0 Å². The van der Waals surface area contributed by atoms with Crippen LogP contribution in [0.5, 0.6) is 0 Å². The number of carbonyl (C=O) groups is 1. The molecule has 1 saturated heterocycles. The first-order chi connectivity index (χ1) is 12.7. The average Bonchev–Trinajstić information content (AvgIpc) is 3.15. The molecular weight excluding hydrogens is 453 g/mol. The molecule has 2 heterocycles. The zero-order valence-corrected chi connectivity index (χ0v) is 18.7. The summed E-state index contributed by atoms with van der Waals surface area (Å²) in [5.41, 5.74) is 2.31. The van der Waals surface area contributed by atoms with Gasteiger partial charge in [0.2, 0.25) is 5.91 Å². The SMILES string of the molecule is CCN1CCCC1CNC(=NC)NCC(=O)N1CCCc2ccccc21.I. The summed E-state index contributed by atoms with van der Waals surface area (Å²) >= 11 is 0. The smallest absolute Gasteiger partial charge is 0.246 e. The van der Waals surface area contributed by atoms with E-state index in [4.69, 9.17) is 0 Å². The largest absolute Gasteiger partial charge is 0.355 e. The number of guanidine groups is 1. The lowest BCUT2D eigenvalue weighted by Crippen LogP contribution is -2.48. The number of halogens is 1. The fourth-order valence-corrected chi connectivity index (χ4v) is 4.03. The molecule has 0 spiro atoms. The maximum Gasteiger partial charge on any atom is 0.246 e. The summed E-state index contributed by atoms with van der Waals surface area (Å²) in [6.45, 7) is 6.40. The first kappa shape index (κ1) is 21.9. The van der Waals surface area contributed by atoms with Crippen molar-refractivity contribution in [2.45, 2.75) is 38.6 Å². The highest BCUT2D eigenvalue weighted by Crippen LogP contribution is 2.26. The fourth-order valence-electron chi connectivity index (χ4n) is 4.03. The molecule has 1 amide bonds. The van der Waals surface area contributed by atoms with Gasteiger partial charge in [-0.3, -0.25) is 14.7 Å². The summed E-state index contributed by atoms with van der Waals surface area (Å²) in [5.74, 6) is 0.794. The molecule has 0 aromatic heterocycles. The van der Waals surface area contributed by atoms with Crippen LogP contribution in [0.4, 0.5) is 5.69 Å². The van der Waals surface area contributed by atoms with Crippen molar-refractivity contribution in [1.82, 2.24) is 15.5 Å². The van der Waals surface area contributed by atoms with E-state index in [1.807, 2.05) is 23.1 Å². The molecule has 1 aromatic rings.